The van der Waals surface area contributed by atoms with Crippen molar-refractivity contribution < 1.29 is 14.0 Å². The van der Waals surface area contributed by atoms with Gasteiger partial charge in [0.05, 0.1) is 12.0 Å². The summed E-state index contributed by atoms with van der Waals surface area (Å²) in [7, 11) is 0. The number of rotatable bonds is 8. The van der Waals surface area contributed by atoms with Crippen LogP contribution in [-0.2, 0) is 0 Å². The highest BCUT2D eigenvalue weighted by Crippen LogP contribution is 2.35. The topological polar surface area (TPSA) is 83.0 Å². The van der Waals surface area contributed by atoms with E-state index in [-0.39, 0.29) is 11.9 Å². The normalized spacial score (nSPS) is 17.7. The fraction of sp³-hybridized carbons (Fsp3) is 0.357. The Kier molecular flexibility index (Phi) is 7.44. The van der Waals surface area contributed by atoms with E-state index in [0.717, 1.165) is 36.4 Å². The molecule has 0 bridgehead atoms. The number of benzene rings is 2. The van der Waals surface area contributed by atoms with Crippen LogP contribution in [-0.4, -0.2) is 48.4 Å². The minimum Gasteiger partial charge on any atom is -0.470 e. The van der Waals surface area contributed by atoms with Gasteiger partial charge in [0.2, 0.25) is 5.91 Å². The van der Waals surface area contributed by atoms with Crippen LogP contribution in [0.25, 0.3) is 0 Å². The molecule has 2 atom stereocenters. The van der Waals surface area contributed by atoms with E-state index in [0.29, 0.717) is 30.3 Å². The van der Waals surface area contributed by atoms with E-state index in [1.54, 1.807) is 18.6 Å². The molecule has 7 heteroatoms. The number of carbonyl (C=O) groups is 2. The maximum Gasteiger partial charge on any atom is 0.253 e. The molecule has 1 aliphatic heterocycles. The first kappa shape index (κ1) is 24.4. The van der Waals surface area contributed by atoms with Gasteiger partial charge in [0, 0.05) is 54.2 Å². The summed E-state index contributed by atoms with van der Waals surface area (Å²) in [5.41, 5.74) is 9.73. The summed E-state index contributed by atoms with van der Waals surface area (Å²) in [6, 6.07) is 17.8. The Morgan fingerprint density at radius 1 is 1.03 bits per heavy atom. The van der Waals surface area contributed by atoms with Gasteiger partial charge >= 0.3 is 0 Å². The van der Waals surface area contributed by atoms with Gasteiger partial charge in [-0.25, -0.2) is 0 Å². The third-order valence-electron chi connectivity index (χ3n) is 6.90. The van der Waals surface area contributed by atoms with Crippen LogP contribution in [0.5, 0.6) is 0 Å². The van der Waals surface area contributed by atoms with E-state index in [4.69, 9.17) is 10.2 Å². The highest BCUT2D eigenvalue weighted by Gasteiger charge is 2.31. The second-order valence-electron chi connectivity index (χ2n) is 9.01. The van der Waals surface area contributed by atoms with Crippen molar-refractivity contribution in [1.82, 2.24) is 4.90 Å². The molecule has 2 N–H and O–H groups in total. The largest absolute Gasteiger partial charge is 0.470 e. The molecule has 1 fully saturated rings. The average Bonchev–Trinajstić information content (AvgIpc) is 3.40. The van der Waals surface area contributed by atoms with Crippen molar-refractivity contribution in [3.63, 3.8) is 0 Å². The lowest BCUT2D eigenvalue weighted by atomic mass is 9.95. The maximum atomic E-state index is 12.8. The van der Waals surface area contributed by atoms with Crippen LogP contribution in [0, 0.1) is 0 Å². The molecule has 2 amide bonds. The predicted molar refractivity (Wildman–Crippen MR) is 139 cm³/mol. The number of amides is 2. The number of primary amides is 1. The molecule has 1 aliphatic rings. The average molecular weight is 475 g/mol. The van der Waals surface area contributed by atoms with E-state index in [1.807, 2.05) is 67.3 Å². The molecule has 0 saturated carbocycles. The number of nitrogens with zero attached hydrogens (tertiary/aromatic N) is 3. The Labute approximate surface area is 207 Å². The van der Waals surface area contributed by atoms with E-state index in [9.17, 15) is 9.59 Å². The third kappa shape index (κ3) is 5.19. The number of hydrogen-bond donors (Lipinski definition) is 1. The first-order chi connectivity index (χ1) is 16.9. The van der Waals surface area contributed by atoms with Crippen molar-refractivity contribution in [2.45, 2.75) is 45.7 Å². The van der Waals surface area contributed by atoms with Crippen LogP contribution >= 0.6 is 0 Å². The number of nitrogens with two attached hydrogens (primary N) is 1. The van der Waals surface area contributed by atoms with Gasteiger partial charge in [-0.15, -0.1) is 0 Å². The Morgan fingerprint density at radius 2 is 1.77 bits per heavy atom. The van der Waals surface area contributed by atoms with Crippen molar-refractivity contribution in [3.8, 4) is 0 Å². The van der Waals surface area contributed by atoms with Gasteiger partial charge in [-0.2, -0.15) is 0 Å². The summed E-state index contributed by atoms with van der Waals surface area (Å²) in [5, 5.41) is 0. The van der Waals surface area contributed by atoms with Crippen molar-refractivity contribution in [2.75, 3.05) is 29.4 Å². The Bertz CT molecular complexity index is 1140. The second kappa shape index (κ2) is 10.7. The third-order valence-corrected chi connectivity index (χ3v) is 6.90. The van der Waals surface area contributed by atoms with Gasteiger partial charge in [-0.05, 0) is 82.1 Å². The molecule has 1 saturated heterocycles. The molecule has 2 aromatic carbocycles. The molecule has 4 rings (SSSR count). The Hall–Kier alpha value is -3.74. The number of carbonyl (C=O) groups excluding carboxylic acids is 2. The SMILES string of the molecule is CCN(CC)C(=O)c1ccc(N(c2cccc(C(N)=O)c2)C2CCN(c3ccoc3)C(C)C2)cc1. The van der Waals surface area contributed by atoms with Crippen LogP contribution in [0.3, 0.4) is 0 Å². The van der Waals surface area contributed by atoms with Crippen LogP contribution < -0.4 is 15.5 Å². The van der Waals surface area contributed by atoms with Gasteiger partial charge in [0.25, 0.3) is 5.91 Å². The zero-order valence-corrected chi connectivity index (χ0v) is 20.7. The summed E-state index contributed by atoms with van der Waals surface area (Å²) in [6.07, 6.45) is 5.34. The van der Waals surface area contributed by atoms with E-state index >= 15 is 0 Å². The molecule has 0 radical (unpaired) electrons. The zero-order chi connectivity index (χ0) is 24.9. The first-order valence-electron chi connectivity index (χ1n) is 12.3. The van der Waals surface area contributed by atoms with E-state index in [2.05, 4.69) is 16.7 Å². The lowest BCUT2D eigenvalue weighted by molar-refractivity contribution is 0.0772. The molecule has 2 unspecified atom stereocenters. The van der Waals surface area contributed by atoms with Crippen LogP contribution in [0.2, 0.25) is 0 Å². The van der Waals surface area contributed by atoms with Crippen LogP contribution in [0.4, 0.5) is 17.1 Å². The molecule has 0 aliphatic carbocycles. The number of hydrogen-bond acceptors (Lipinski definition) is 5. The fourth-order valence-corrected chi connectivity index (χ4v) is 5.02. The van der Waals surface area contributed by atoms with Crippen LogP contribution in [0.15, 0.2) is 71.5 Å². The number of furan rings is 1. The maximum absolute atomic E-state index is 12.8. The molecule has 2 heterocycles. The molecule has 0 spiro atoms. The minimum absolute atomic E-state index is 0.0332. The quantitative estimate of drug-likeness (QED) is 0.494. The van der Waals surface area contributed by atoms with Crippen molar-refractivity contribution >= 4 is 28.9 Å². The minimum atomic E-state index is -0.449. The van der Waals surface area contributed by atoms with Gasteiger partial charge < -0.3 is 24.9 Å². The van der Waals surface area contributed by atoms with E-state index < -0.39 is 5.91 Å². The molecule has 3 aromatic rings. The van der Waals surface area contributed by atoms with Crippen molar-refractivity contribution in [1.29, 1.82) is 0 Å². The van der Waals surface area contributed by atoms with Gasteiger partial charge in [0.1, 0.15) is 6.26 Å². The zero-order valence-electron chi connectivity index (χ0n) is 20.7. The monoisotopic (exact) mass is 474 g/mol. The summed E-state index contributed by atoms with van der Waals surface area (Å²) in [6.45, 7) is 8.44. The lowest BCUT2D eigenvalue weighted by Gasteiger charge is -2.44. The molecular weight excluding hydrogens is 440 g/mol. The smallest absolute Gasteiger partial charge is 0.253 e. The summed E-state index contributed by atoms with van der Waals surface area (Å²) >= 11 is 0. The van der Waals surface area contributed by atoms with Gasteiger partial charge in [-0.3, -0.25) is 9.59 Å². The Morgan fingerprint density at radius 3 is 2.37 bits per heavy atom. The summed E-state index contributed by atoms with van der Waals surface area (Å²) in [4.78, 5) is 31.2. The predicted octanol–water partition coefficient (Wildman–Crippen LogP) is 5.06. The molecule has 7 nitrogen and oxygen atoms in total. The van der Waals surface area contributed by atoms with Crippen molar-refractivity contribution in [3.05, 3.63) is 78.3 Å². The number of piperidine rings is 1. The summed E-state index contributed by atoms with van der Waals surface area (Å²) < 4.78 is 5.30. The fourth-order valence-electron chi connectivity index (χ4n) is 5.02. The molecule has 184 valence electrons. The second-order valence-corrected chi connectivity index (χ2v) is 9.01. The van der Waals surface area contributed by atoms with Gasteiger partial charge in [-0.1, -0.05) is 6.07 Å². The first-order valence-corrected chi connectivity index (χ1v) is 12.3. The van der Waals surface area contributed by atoms with E-state index in [1.165, 1.54) is 0 Å². The molecule has 1 aromatic heterocycles. The van der Waals surface area contributed by atoms with Crippen LogP contribution in [0.1, 0.15) is 54.3 Å². The lowest BCUT2D eigenvalue weighted by Crippen LogP contribution is -2.48. The Balaban J connectivity index is 1.66. The van der Waals surface area contributed by atoms with Gasteiger partial charge in [0.15, 0.2) is 0 Å². The molecular formula is C28H34N4O3. The molecule has 35 heavy (non-hydrogen) atoms. The number of anilines is 3. The van der Waals surface area contributed by atoms with Crippen molar-refractivity contribution in [2.24, 2.45) is 5.73 Å². The highest BCUT2D eigenvalue weighted by atomic mass is 16.3. The summed E-state index contributed by atoms with van der Waals surface area (Å²) in [5.74, 6) is -0.416. The standard InChI is InChI=1S/C28H34N4O3/c1-4-30(5-2)28(34)21-9-11-23(12-10-21)32(24-8-6-7-22(18-24)27(29)33)25-13-15-31(20(3)17-25)26-14-16-35-19-26/h6-12,14,16,18-20,25H,4-5,13,15,17H2,1-3H3,(H2,29,33). The highest BCUT2D eigenvalue weighted by molar-refractivity contribution is 5.95.